The summed E-state index contributed by atoms with van der Waals surface area (Å²) in [5.41, 5.74) is -0.516. The summed E-state index contributed by atoms with van der Waals surface area (Å²) >= 11 is 5.93. The normalized spacial score (nSPS) is 27.2. The lowest BCUT2D eigenvalue weighted by Crippen LogP contribution is -2.59. The van der Waals surface area contributed by atoms with Crippen molar-refractivity contribution in [1.29, 1.82) is 0 Å². The van der Waals surface area contributed by atoms with Crippen molar-refractivity contribution >= 4 is 35.3 Å². The second kappa shape index (κ2) is 9.37. The molecular weight excluding hydrogens is 444 g/mol. The van der Waals surface area contributed by atoms with Gasteiger partial charge >= 0.3 is 0 Å². The molecular formula is C24H37ClN4O4. The lowest BCUT2D eigenvalue weighted by molar-refractivity contribution is -0.145. The summed E-state index contributed by atoms with van der Waals surface area (Å²) in [7, 11) is 0. The van der Waals surface area contributed by atoms with Crippen molar-refractivity contribution in [3.05, 3.63) is 12.7 Å². The number of hydrogen-bond acceptors (Lipinski definition) is 5. The molecule has 3 rings (SSSR count). The standard InChI is InChI=1S/C24H37ClN4O4/c1-7-10-26-21(32)18(30)15(11-13-8-9-13)27-20(31)17-16-14(24(16,5)6)12-29(17)22(33)19(28-25)23(2,3)4/h7,13-17,19,28H,1,8-12H2,2-6H3,(H,26,32)(H,27,31)/t14?,15?,16?,17?,19-/m1/s1. The highest BCUT2D eigenvalue weighted by Crippen LogP contribution is 2.65. The molecule has 3 aliphatic rings. The number of carbonyl (C=O) groups is 4. The summed E-state index contributed by atoms with van der Waals surface area (Å²) in [5, 5.41) is 5.34. The predicted octanol–water partition coefficient (Wildman–Crippen LogP) is 1.78. The number of carbonyl (C=O) groups excluding carboxylic acids is 4. The van der Waals surface area contributed by atoms with Crippen LogP contribution in [0.1, 0.15) is 53.9 Å². The van der Waals surface area contributed by atoms with Gasteiger partial charge in [0, 0.05) is 13.1 Å². The SMILES string of the molecule is C=CCNC(=O)C(=O)C(CC1CC1)NC(=O)C1C2C(CN1C(=O)[C@@H](NCl)C(C)(C)C)C2(C)C. The second-order valence-electron chi connectivity index (χ2n) is 11.4. The van der Waals surface area contributed by atoms with Crippen molar-refractivity contribution in [3.8, 4) is 0 Å². The van der Waals surface area contributed by atoms with Crippen LogP contribution in [0.4, 0.5) is 0 Å². The largest absolute Gasteiger partial charge is 0.346 e. The first kappa shape index (κ1) is 25.7. The number of fused-ring (bicyclic) bond motifs is 1. The summed E-state index contributed by atoms with van der Waals surface area (Å²) in [4.78, 5) is 56.2. The summed E-state index contributed by atoms with van der Waals surface area (Å²) in [6.45, 7) is 14.1. The molecule has 9 heteroatoms. The summed E-state index contributed by atoms with van der Waals surface area (Å²) in [6, 6.07) is -2.26. The van der Waals surface area contributed by atoms with Crippen molar-refractivity contribution in [1.82, 2.24) is 20.4 Å². The third-order valence-electron chi connectivity index (χ3n) is 7.51. The first-order valence-electron chi connectivity index (χ1n) is 11.7. The molecule has 0 aromatic carbocycles. The summed E-state index contributed by atoms with van der Waals surface area (Å²) in [6.07, 6.45) is 3.88. The van der Waals surface area contributed by atoms with Crippen molar-refractivity contribution < 1.29 is 19.2 Å². The van der Waals surface area contributed by atoms with Gasteiger partial charge in [-0.05, 0) is 46.8 Å². The molecule has 33 heavy (non-hydrogen) atoms. The molecule has 5 atom stereocenters. The fourth-order valence-corrected chi connectivity index (χ4v) is 5.57. The number of amides is 3. The molecule has 2 aliphatic carbocycles. The minimum atomic E-state index is -0.905. The Morgan fingerprint density at radius 3 is 2.36 bits per heavy atom. The monoisotopic (exact) mass is 480 g/mol. The predicted molar refractivity (Wildman–Crippen MR) is 126 cm³/mol. The molecule has 1 heterocycles. The third-order valence-corrected chi connectivity index (χ3v) is 7.73. The zero-order chi connectivity index (χ0) is 24.7. The van der Waals surface area contributed by atoms with E-state index in [1.165, 1.54) is 6.08 Å². The van der Waals surface area contributed by atoms with Crippen LogP contribution in [0.5, 0.6) is 0 Å². The van der Waals surface area contributed by atoms with Crippen LogP contribution in [0.15, 0.2) is 12.7 Å². The van der Waals surface area contributed by atoms with Gasteiger partial charge in [0.1, 0.15) is 12.1 Å². The van der Waals surface area contributed by atoms with Gasteiger partial charge in [-0.2, -0.15) is 0 Å². The van der Waals surface area contributed by atoms with E-state index in [1.807, 2.05) is 20.8 Å². The fourth-order valence-electron chi connectivity index (χ4n) is 5.15. The maximum absolute atomic E-state index is 13.5. The number of hydrogen-bond donors (Lipinski definition) is 3. The Balaban J connectivity index is 1.80. The lowest BCUT2D eigenvalue weighted by atomic mass is 9.86. The van der Waals surface area contributed by atoms with Crippen LogP contribution in [0.25, 0.3) is 0 Å². The van der Waals surface area contributed by atoms with E-state index in [0.29, 0.717) is 18.9 Å². The van der Waals surface area contributed by atoms with Crippen molar-refractivity contribution in [3.63, 3.8) is 0 Å². The van der Waals surface area contributed by atoms with Crippen LogP contribution < -0.4 is 15.5 Å². The van der Waals surface area contributed by atoms with Crippen molar-refractivity contribution in [2.24, 2.45) is 28.6 Å². The molecule has 0 spiro atoms. The topological polar surface area (TPSA) is 108 Å². The highest BCUT2D eigenvalue weighted by Gasteiger charge is 2.69. The molecule has 8 nitrogen and oxygen atoms in total. The van der Waals surface area contributed by atoms with Crippen LogP contribution in [-0.2, 0) is 19.2 Å². The summed E-state index contributed by atoms with van der Waals surface area (Å²) in [5.74, 6) is -1.46. The van der Waals surface area contributed by atoms with Crippen molar-refractivity contribution in [2.45, 2.75) is 72.0 Å². The van der Waals surface area contributed by atoms with Gasteiger partial charge in [-0.15, -0.1) is 6.58 Å². The quantitative estimate of drug-likeness (QED) is 0.251. The zero-order valence-corrected chi connectivity index (χ0v) is 21.0. The Morgan fingerprint density at radius 2 is 1.85 bits per heavy atom. The highest BCUT2D eigenvalue weighted by atomic mass is 35.5. The number of ketones is 1. The molecule has 3 N–H and O–H groups in total. The molecule has 184 valence electrons. The number of halogens is 1. The molecule has 0 aromatic rings. The number of piperidine rings is 1. The van der Waals surface area contributed by atoms with E-state index in [0.717, 1.165) is 12.8 Å². The third kappa shape index (κ3) is 5.27. The average Bonchev–Trinajstić information content (AvgIpc) is 3.57. The smallest absolute Gasteiger partial charge is 0.289 e. The number of likely N-dealkylation sites (tertiary alicyclic amines) is 1. The first-order valence-corrected chi connectivity index (χ1v) is 12.1. The van der Waals surface area contributed by atoms with Gasteiger partial charge in [0.15, 0.2) is 0 Å². The maximum Gasteiger partial charge on any atom is 0.289 e. The average molecular weight is 481 g/mol. The van der Waals surface area contributed by atoms with Gasteiger partial charge in [-0.3, -0.25) is 19.2 Å². The van der Waals surface area contributed by atoms with E-state index < -0.39 is 35.2 Å². The molecule has 2 saturated carbocycles. The fraction of sp³-hybridized carbons (Fsp3) is 0.750. The molecule has 0 aromatic heterocycles. The number of nitrogens with zero attached hydrogens (tertiary/aromatic N) is 1. The van der Waals surface area contributed by atoms with Crippen molar-refractivity contribution in [2.75, 3.05) is 13.1 Å². The molecule has 1 aliphatic heterocycles. The van der Waals surface area contributed by atoms with E-state index in [1.54, 1.807) is 4.90 Å². The van der Waals surface area contributed by atoms with Gasteiger partial charge in [0.25, 0.3) is 5.91 Å². The van der Waals surface area contributed by atoms with Gasteiger partial charge < -0.3 is 15.5 Å². The Hall–Kier alpha value is -1.93. The van der Waals surface area contributed by atoms with Gasteiger partial charge in [-0.25, -0.2) is 4.84 Å². The van der Waals surface area contributed by atoms with Crippen LogP contribution in [-0.4, -0.2) is 59.6 Å². The number of nitrogens with one attached hydrogen (secondary N) is 3. The Bertz CT molecular complexity index is 833. The van der Waals surface area contributed by atoms with Gasteiger partial charge in [-0.1, -0.05) is 53.5 Å². The number of Topliss-reactive ketones (excluding diaryl/α,β-unsaturated/α-hetero) is 1. The van der Waals surface area contributed by atoms with Crippen LogP contribution in [0.2, 0.25) is 0 Å². The Kier molecular flexibility index (Phi) is 7.30. The molecule has 0 radical (unpaired) electrons. The van der Waals surface area contributed by atoms with Gasteiger partial charge in [0.2, 0.25) is 17.6 Å². The van der Waals surface area contributed by atoms with E-state index in [2.05, 4.69) is 35.9 Å². The Labute approximate surface area is 201 Å². The second-order valence-corrected chi connectivity index (χ2v) is 11.6. The lowest BCUT2D eigenvalue weighted by Gasteiger charge is -2.37. The van der Waals surface area contributed by atoms with Gasteiger partial charge in [0.05, 0.1) is 6.04 Å². The molecule has 0 bridgehead atoms. The molecule has 1 saturated heterocycles. The summed E-state index contributed by atoms with van der Waals surface area (Å²) < 4.78 is 0. The molecule has 3 fully saturated rings. The first-order chi connectivity index (χ1) is 15.3. The van der Waals surface area contributed by atoms with E-state index >= 15 is 0 Å². The van der Waals surface area contributed by atoms with Crippen LogP contribution in [0.3, 0.4) is 0 Å². The number of rotatable bonds is 10. The zero-order valence-electron chi connectivity index (χ0n) is 20.2. The highest BCUT2D eigenvalue weighted by molar-refractivity contribution is 6.38. The van der Waals surface area contributed by atoms with Crippen LogP contribution in [0, 0.1) is 28.6 Å². The Morgan fingerprint density at radius 1 is 1.21 bits per heavy atom. The van der Waals surface area contributed by atoms with E-state index in [4.69, 9.17) is 11.8 Å². The van der Waals surface area contributed by atoms with E-state index in [-0.39, 0.29) is 35.6 Å². The van der Waals surface area contributed by atoms with E-state index in [9.17, 15) is 19.2 Å². The minimum Gasteiger partial charge on any atom is -0.346 e. The minimum absolute atomic E-state index is 0.00339. The van der Waals surface area contributed by atoms with Crippen LogP contribution >= 0.6 is 11.8 Å². The molecule has 3 amide bonds. The molecule has 4 unspecified atom stereocenters. The maximum atomic E-state index is 13.5.